The molecule has 2 aromatic carbocycles. The molecular weight excluding hydrogens is 150 g/mol. The van der Waals surface area contributed by atoms with Gasteiger partial charge in [0.2, 0.25) is 0 Å². The molecule has 2 heteroatoms. The lowest BCUT2D eigenvalue weighted by atomic mass is 10.1. The van der Waals surface area contributed by atoms with Gasteiger partial charge in [0.25, 0.3) is 0 Å². The summed E-state index contributed by atoms with van der Waals surface area (Å²) in [6.07, 6.45) is 0. The summed E-state index contributed by atoms with van der Waals surface area (Å²) in [6, 6.07) is 10.5. The van der Waals surface area contributed by atoms with E-state index in [-0.39, 0.29) is 5.75 Å². The van der Waals surface area contributed by atoms with Crippen molar-refractivity contribution in [3.05, 3.63) is 36.4 Å². The highest BCUT2D eigenvalue weighted by Crippen LogP contribution is 2.28. The molecule has 0 spiro atoms. The maximum absolute atomic E-state index is 11.3. The Bertz CT molecular complexity index is 382. The number of rotatable bonds is 0. The third kappa shape index (κ3) is 0.889. The second-order valence-corrected chi connectivity index (χ2v) is 2.70. The Morgan fingerprint density at radius 2 is 1.58 bits per heavy atom. The molecular formula is C10H8NO. The summed E-state index contributed by atoms with van der Waals surface area (Å²) in [5.74, 6) is 0.0276. The van der Waals surface area contributed by atoms with Crippen LogP contribution in [0.15, 0.2) is 36.4 Å². The van der Waals surface area contributed by atoms with Crippen LogP contribution in [0.3, 0.4) is 0 Å². The second-order valence-electron chi connectivity index (χ2n) is 2.70. The summed E-state index contributed by atoms with van der Waals surface area (Å²) in [7, 11) is 0. The van der Waals surface area contributed by atoms with E-state index in [9.17, 15) is 5.11 Å². The highest BCUT2D eigenvalue weighted by atomic mass is 16.3. The van der Waals surface area contributed by atoms with Gasteiger partial charge in [-0.05, 0) is 12.1 Å². The van der Waals surface area contributed by atoms with E-state index in [1.165, 1.54) is 0 Å². The van der Waals surface area contributed by atoms with Crippen LogP contribution in [0.1, 0.15) is 0 Å². The van der Waals surface area contributed by atoms with E-state index in [1.54, 1.807) is 30.3 Å². The molecule has 59 valence electrons. The minimum Gasteiger partial charge on any atom is -0.398 e. The van der Waals surface area contributed by atoms with Gasteiger partial charge in [-0.1, -0.05) is 24.3 Å². The van der Waals surface area contributed by atoms with Crippen molar-refractivity contribution in [3.63, 3.8) is 0 Å². The molecule has 0 aromatic heterocycles. The molecule has 12 heavy (non-hydrogen) atoms. The number of hydrogen-bond donors (Lipinski definition) is 1. The molecule has 0 saturated heterocycles. The fraction of sp³-hybridized carbons (Fsp3) is 0. The first-order valence-electron chi connectivity index (χ1n) is 3.73. The van der Waals surface area contributed by atoms with Gasteiger partial charge < -0.3 is 5.73 Å². The Morgan fingerprint density at radius 1 is 0.917 bits per heavy atom. The topological polar surface area (TPSA) is 45.9 Å². The van der Waals surface area contributed by atoms with Crippen LogP contribution in [0.5, 0.6) is 5.75 Å². The molecule has 1 radical (unpaired) electrons. The fourth-order valence-electron chi connectivity index (χ4n) is 1.31. The number of fused-ring (bicyclic) bond motifs is 1. The van der Waals surface area contributed by atoms with Gasteiger partial charge in [-0.25, -0.2) is 0 Å². The van der Waals surface area contributed by atoms with Crippen LogP contribution in [-0.2, 0) is 5.11 Å². The fourth-order valence-corrected chi connectivity index (χ4v) is 1.31. The van der Waals surface area contributed by atoms with Crippen LogP contribution in [0.25, 0.3) is 10.8 Å². The first-order valence-corrected chi connectivity index (χ1v) is 3.73. The van der Waals surface area contributed by atoms with Gasteiger partial charge in [-0.2, -0.15) is 0 Å². The molecule has 2 nitrogen and oxygen atoms in total. The third-order valence-electron chi connectivity index (χ3n) is 1.92. The first kappa shape index (κ1) is 6.98. The van der Waals surface area contributed by atoms with Gasteiger partial charge in [0.1, 0.15) is 0 Å². The van der Waals surface area contributed by atoms with Gasteiger partial charge in [0, 0.05) is 16.5 Å². The molecule has 0 heterocycles. The highest BCUT2D eigenvalue weighted by Gasteiger charge is 2.01. The molecule has 0 bridgehead atoms. The smallest absolute Gasteiger partial charge is 0.186 e. The molecule has 2 N–H and O–H groups in total. The van der Waals surface area contributed by atoms with Gasteiger partial charge in [0.15, 0.2) is 5.75 Å². The van der Waals surface area contributed by atoms with E-state index in [4.69, 9.17) is 5.73 Å². The van der Waals surface area contributed by atoms with Crippen LogP contribution >= 0.6 is 0 Å². The van der Waals surface area contributed by atoms with Gasteiger partial charge in [0.05, 0.1) is 0 Å². The zero-order chi connectivity index (χ0) is 8.55. The lowest BCUT2D eigenvalue weighted by Crippen LogP contribution is -1.85. The van der Waals surface area contributed by atoms with Crippen LogP contribution in [0, 0.1) is 0 Å². The van der Waals surface area contributed by atoms with Crippen molar-refractivity contribution in [1.29, 1.82) is 0 Å². The monoisotopic (exact) mass is 158 g/mol. The van der Waals surface area contributed by atoms with Crippen LogP contribution < -0.4 is 5.73 Å². The van der Waals surface area contributed by atoms with Crippen molar-refractivity contribution < 1.29 is 5.11 Å². The molecule has 0 unspecified atom stereocenters. The lowest BCUT2D eigenvalue weighted by Gasteiger charge is -2.00. The number of nitrogens with two attached hydrogens (primary N) is 1. The van der Waals surface area contributed by atoms with E-state index in [1.807, 2.05) is 6.07 Å². The largest absolute Gasteiger partial charge is 0.398 e. The third-order valence-corrected chi connectivity index (χ3v) is 1.92. The number of hydrogen-bond acceptors (Lipinski definition) is 1. The standard InChI is InChI=1S/C10H8NO/c11-9-5-1-4-8-7(9)3-2-6-10(8)12/h1-6H,11H2. The number of anilines is 1. The summed E-state index contributed by atoms with van der Waals surface area (Å²) in [6.45, 7) is 0. The molecule has 0 aliphatic heterocycles. The molecule has 0 amide bonds. The molecule has 2 rings (SSSR count). The predicted octanol–water partition coefficient (Wildman–Crippen LogP) is 2.57. The van der Waals surface area contributed by atoms with E-state index in [0.717, 1.165) is 5.39 Å². The van der Waals surface area contributed by atoms with Crippen molar-refractivity contribution in [2.75, 3.05) is 5.73 Å². The van der Waals surface area contributed by atoms with Crippen molar-refractivity contribution in [3.8, 4) is 5.75 Å². The van der Waals surface area contributed by atoms with Crippen LogP contribution in [0.4, 0.5) is 5.69 Å². The zero-order valence-electron chi connectivity index (χ0n) is 6.45. The predicted molar refractivity (Wildman–Crippen MR) is 48.5 cm³/mol. The Balaban J connectivity index is 2.94. The highest BCUT2D eigenvalue weighted by molar-refractivity contribution is 5.96. The summed E-state index contributed by atoms with van der Waals surface area (Å²) < 4.78 is 0. The summed E-state index contributed by atoms with van der Waals surface area (Å²) in [5.41, 5.74) is 6.34. The maximum atomic E-state index is 11.3. The van der Waals surface area contributed by atoms with Crippen molar-refractivity contribution in [1.82, 2.24) is 0 Å². The quantitative estimate of drug-likeness (QED) is 0.588. The Hall–Kier alpha value is -1.70. The average molecular weight is 158 g/mol. The van der Waals surface area contributed by atoms with Gasteiger partial charge in [-0.15, -0.1) is 0 Å². The Morgan fingerprint density at radius 3 is 2.33 bits per heavy atom. The second kappa shape index (κ2) is 2.41. The van der Waals surface area contributed by atoms with Gasteiger partial charge >= 0.3 is 0 Å². The molecule has 0 aliphatic rings. The summed E-state index contributed by atoms with van der Waals surface area (Å²) >= 11 is 0. The molecule has 2 aromatic rings. The van der Waals surface area contributed by atoms with Crippen LogP contribution in [-0.4, -0.2) is 0 Å². The minimum absolute atomic E-state index is 0.0276. The van der Waals surface area contributed by atoms with Crippen molar-refractivity contribution in [2.45, 2.75) is 0 Å². The average Bonchev–Trinajstić information content (AvgIpc) is 2.07. The summed E-state index contributed by atoms with van der Waals surface area (Å²) in [5, 5.41) is 12.8. The number of benzene rings is 2. The van der Waals surface area contributed by atoms with Crippen molar-refractivity contribution in [2.24, 2.45) is 0 Å². The van der Waals surface area contributed by atoms with Crippen LogP contribution in [0.2, 0.25) is 0 Å². The first-order chi connectivity index (χ1) is 5.79. The SMILES string of the molecule is Nc1cccc2c([O])cccc12. The van der Waals surface area contributed by atoms with E-state index < -0.39 is 0 Å². The molecule has 0 saturated carbocycles. The zero-order valence-corrected chi connectivity index (χ0v) is 6.45. The number of nitrogen functional groups attached to an aromatic ring is 1. The van der Waals surface area contributed by atoms with Gasteiger partial charge in [-0.3, -0.25) is 5.11 Å². The van der Waals surface area contributed by atoms with E-state index in [2.05, 4.69) is 0 Å². The lowest BCUT2D eigenvalue weighted by molar-refractivity contribution is 0.360. The van der Waals surface area contributed by atoms with E-state index in [0.29, 0.717) is 11.1 Å². The Kier molecular flexibility index (Phi) is 1.40. The molecule has 0 atom stereocenters. The van der Waals surface area contributed by atoms with Crippen molar-refractivity contribution >= 4 is 16.5 Å². The minimum atomic E-state index is 0.0276. The Labute approximate surface area is 70.2 Å². The molecule has 0 aliphatic carbocycles. The summed E-state index contributed by atoms with van der Waals surface area (Å²) in [4.78, 5) is 0. The van der Waals surface area contributed by atoms with E-state index >= 15 is 0 Å². The maximum Gasteiger partial charge on any atom is 0.186 e. The normalized spacial score (nSPS) is 10.3. The molecule has 0 fully saturated rings.